The Kier molecular flexibility index (Phi) is 4.54. The maximum atomic E-state index is 11.9. The second-order valence-electron chi connectivity index (χ2n) is 5.98. The second kappa shape index (κ2) is 6.75. The molecule has 0 radical (unpaired) electrons. The van der Waals surface area contributed by atoms with Crippen LogP contribution in [0, 0.1) is 5.92 Å². The summed E-state index contributed by atoms with van der Waals surface area (Å²) in [7, 11) is 0. The van der Waals surface area contributed by atoms with Gasteiger partial charge < -0.3 is 0 Å². The number of piperidine rings is 1. The SMILES string of the molecule is O=C1CC(CCc2ccccc2)C(c2ccccc2)CN1O. The van der Waals surface area contributed by atoms with Crippen LogP contribution in [0.25, 0.3) is 0 Å². The predicted octanol–water partition coefficient (Wildman–Crippen LogP) is 3.64. The number of aryl methyl sites for hydroxylation is 1. The van der Waals surface area contributed by atoms with Crippen LogP contribution in [0.4, 0.5) is 0 Å². The van der Waals surface area contributed by atoms with Crippen LogP contribution < -0.4 is 0 Å². The third kappa shape index (κ3) is 3.37. The molecule has 0 aliphatic carbocycles. The zero-order valence-electron chi connectivity index (χ0n) is 12.6. The number of hydrogen-bond acceptors (Lipinski definition) is 2. The van der Waals surface area contributed by atoms with E-state index in [1.54, 1.807) is 0 Å². The van der Waals surface area contributed by atoms with Gasteiger partial charge >= 0.3 is 0 Å². The molecule has 2 atom stereocenters. The summed E-state index contributed by atoms with van der Waals surface area (Å²) in [5.74, 6) is 0.316. The van der Waals surface area contributed by atoms with E-state index >= 15 is 0 Å². The van der Waals surface area contributed by atoms with Crippen LogP contribution in [0.1, 0.15) is 29.9 Å². The standard InChI is InChI=1S/C19H21NO2/c21-19-13-17(12-11-15-7-3-1-4-8-15)18(14-20(19)22)16-9-5-2-6-10-16/h1-10,17-18,22H,11-14H2. The maximum absolute atomic E-state index is 11.9. The van der Waals surface area contributed by atoms with Crippen LogP contribution in [-0.4, -0.2) is 22.7 Å². The Bertz CT molecular complexity index is 612. The van der Waals surface area contributed by atoms with E-state index in [1.165, 1.54) is 11.1 Å². The van der Waals surface area contributed by atoms with Crippen molar-refractivity contribution in [1.29, 1.82) is 0 Å². The summed E-state index contributed by atoms with van der Waals surface area (Å²) in [4.78, 5) is 11.9. The van der Waals surface area contributed by atoms with Gasteiger partial charge in [0, 0.05) is 12.3 Å². The molecule has 2 aromatic rings. The van der Waals surface area contributed by atoms with Gasteiger partial charge in [-0.1, -0.05) is 60.7 Å². The number of carbonyl (C=O) groups excluding carboxylic acids is 1. The summed E-state index contributed by atoms with van der Waals surface area (Å²) in [5, 5.41) is 10.7. The first-order valence-corrected chi connectivity index (χ1v) is 7.82. The molecule has 0 spiro atoms. The molecule has 1 aliphatic heterocycles. The highest BCUT2D eigenvalue weighted by atomic mass is 16.5. The molecular weight excluding hydrogens is 274 g/mol. The summed E-state index contributed by atoms with van der Waals surface area (Å²) in [6.07, 6.45) is 2.35. The lowest BCUT2D eigenvalue weighted by molar-refractivity contribution is -0.174. The van der Waals surface area contributed by atoms with Crippen LogP contribution in [0.5, 0.6) is 0 Å². The molecule has 0 bridgehead atoms. The van der Waals surface area contributed by atoms with E-state index in [-0.39, 0.29) is 17.7 Å². The Hall–Kier alpha value is -2.13. The van der Waals surface area contributed by atoms with E-state index in [0.29, 0.717) is 13.0 Å². The highest BCUT2D eigenvalue weighted by Gasteiger charge is 2.34. The number of hydrogen-bond donors (Lipinski definition) is 1. The van der Waals surface area contributed by atoms with Gasteiger partial charge in [0.05, 0.1) is 6.54 Å². The number of benzene rings is 2. The lowest BCUT2D eigenvalue weighted by atomic mass is 9.78. The predicted molar refractivity (Wildman–Crippen MR) is 85.6 cm³/mol. The lowest BCUT2D eigenvalue weighted by Crippen LogP contribution is -2.41. The van der Waals surface area contributed by atoms with E-state index in [0.717, 1.165) is 17.9 Å². The smallest absolute Gasteiger partial charge is 0.246 e. The van der Waals surface area contributed by atoms with Gasteiger partial charge in [-0.3, -0.25) is 10.0 Å². The van der Waals surface area contributed by atoms with Crippen molar-refractivity contribution >= 4 is 5.91 Å². The van der Waals surface area contributed by atoms with Gasteiger partial charge in [0.1, 0.15) is 0 Å². The normalized spacial score (nSPS) is 21.9. The number of nitrogens with zero attached hydrogens (tertiary/aromatic N) is 1. The fourth-order valence-corrected chi connectivity index (χ4v) is 3.29. The average molecular weight is 295 g/mol. The van der Waals surface area contributed by atoms with E-state index in [9.17, 15) is 10.0 Å². The molecule has 1 amide bonds. The fourth-order valence-electron chi connectivity index (χ4n) is 3.29. The molecule has 2 unspecified atom stereocenters. The summed E-state index contributed by atoms with van der Waals surface area (Å²) < 4.78 is 0. The first-order chi connectivity index (χ1) is 10.7. The van der Waals surface area contributed by atoms with E-state index < -0.39 is 0 Å². The number of hydroxylamine groups is 2. The van der Waals surface area contributed by atoms with Crippen molar-refractivity contribution < 1.29 is 10.0 Å². The van der Waals surface area contributed by atoms with Crippen LogP contribution in [0.3, 0.4) is 0 Å². The van der Waals surface area contributed by atoms with Gasteiger partial charge in [0.25, 0.3) is 0 Å². The van der Waals surface area contributed by atoms with Crippen molar-refractivity contribution in [2.24, 2.45) is 5.92 Å². The first kappa shape index (κ1) is 14.8. The number of rotatable bonds is 4. The Morgan fingerprint density at radius 3 is 2.32 bits per heavy atom. The van der Waals surface area contributed by atoms with E-state index in [4.69, 9.17) is 0 Å². The maximum Gasteiger partial charge on any atom is 0.246 e. The summed E-state index contributed by atoms with van der Waals surface area (Å²) in [6, 6.07) is 20.6. The van der Waals surface area contributed by atoms with Crippen LogP contribution >= 0.6 is 0 Å². The van der Waals surface area contributed by atoms with Crippen LogP contribution in [0.2, 0.25) is 0 Å². The van der Waals surface area contributed by atoms with E-state index in [2.05, 4.69) is 24.3 Å². The van der Waals surface area contributed by atoms with Crippen molar-refractivity contribution in [3.63, 3.8) is 0 Å². The van der Waals surface area contributed by atoms with Gasteiger partial charge in [-0.15, -0.1) is 0 Å². The Balaban J connectivity index is 1.74. The molecule has 3 nitrogen and oxygen atoms in total. The van der Waals surface area contributed by atoms with Crippen LogP contribution in [-0.2, 0) is 11.2 Å². The van der Waals surface area contributed by atoms with Crippen molar-refractivity contribution in [3.05, 3.63) is 71.8 Å². The third-order valence-electron chi connectivity index (χ3n) is 4.54. The van der Waals surface area contributed by atoms with Crippen molar-refractivity contribution in [1.82, 2.24) is 5.06 Å². The molecule has 1 fully saturated rings. The molecule has 3 heteroatoms. The number of carbonyl (C=O) groups is 1. The topological polar surface area (TPSA) is 40.5 Å². The summed E-state index contributed by atoms with van der Waals surface area (Å²) in [5.41, 5.74) is 2.50. The van der Waals surface area contributed by atoms with Gasteiger partial charge in [-0.25, -0.2) is 5.06 Å². The molecule has 0 saturated carbocycles. The van der Waals surface area contributed by atoms with Gasteiger partial charge in [-0.2, -0.15) is 0 Å². The largest absolute Gasteiger partial charge is 0.286 e. The Morgan fingerprint density at radius 1 is 1.00 bits per heavy atom. The zero-order valence-corrected chi connectivity index (χ0v) is 12.6. The molecular formula is C19H21NO2. The quantitative estimate of drug-likeness (QED) is 0.875. The minimum absolute atomic E-state index is 0.162. The van der Waals surface area contributed by atoms with Crippen molar-refractivity contribution in [2.45, 2.75) is 25.2 Å². The Morgan fingerprint density at radius 2 is 1.64 bits per heavy atom. The molecule has 0 aromatic heterocycles. The van der Waals surface area contributed by atoms with E-state index in [1.807, 2.05) is 36.4 Å². The molecule has 1 N–H and O–H groups in total. The molecule has 3 rings (SSSR count). The van der Waals surface area contributed by atoms with Gasteiger partial charge in [-0.05, 0) is 29.9 Å². The monoisotopic (exact) mass is 295 g/mol. The summed E-state index contributed by atoms with van der Waals surface area (Å²) >= 11 is 0. The molecule has 1 aliphatic rings. The molecule has 22 heavy (non-hydrogen) atoms. The Labute approximate surface area is 131 Å². The second-order valence-corrected chi connectivity index (χ2v) is 5.98. The minimum atomic E-state index is -0.162. The van der Waals surface area contributed by atoms with Crippen molar-refractivity contribution in [3.8, 4) is 0 Å². The fraction of sp³-hybridized carbons (Fsp3) is 0.316. The van der Waals surface area contributed by atoms with Gasteiger partial charge in [0.2, 0.25) is 5.91 Å². The summed E-state index contributed by atoms with van der Waals surface area (Å²) in [6.45, 7) is 0.391. The number of amides is 1. The first-order valence-electron chi connectivity index (χ1n) is 7.82. The highest BCUT2D eigenvalue weighted by Crippen LogP contribution is 2.35. The third-order valence-corrected chi connectivity index (χ3v) is 4.54. The minimum Gasteiger partial charge on any atom is -0.286 e. The van der Waals surface area contributed by atoms with Crippen molar-refractivity contribution in [2.75, 3.05) is 6.54 Å². The molecule has 1 heterocycles. The molecule has 1 saturated heterocycles. The average Bonchev–Trinajstić information content (AvgIpc) is 2.57. The van der Waals surface area contributed by atoms with Gasteiger partial charge in [0.15, 0.2) is 0 Å². The molecule has 114 valence electrons. The lowest BCUT2D eigenvalue weighted by Gasteiger charge is -2.35. The zero-order chi connectivity index (χ0) is 15.4. The molecule has 2 aromatic carbocycles. The highest BCUT2D eigenvalue weighted by molar-refractivity contribution is 5.76. The van der Waals surface area contributed by atoms with Crippen LogP contribution in [0.15, 0.2) is 60.7 Å².